The molecule has 6 rings (SSSR count). The zero-order valence-electron chi connectivity index (χ0n) is 23.7. The van der Waals surface area contributed by atoms with Gasteiger partial charge in [-0.05, 0) is 31.5 Å². The number of nitrogens with zero attached hydrogens (tertiary/aromatic N) is 4. The molecule has 1 aromatic carbocycles. The number of carbonyl (C=O) groups is 4. The van der Waals surface area contributed by atoms with Crippen LogP contribution in [0.4, 0.5) is 5.95 Å². The SMILES string of the molecule is CC1(C)S[C@@H]2[C@H](NC(=O)C(NC(=O)c3c[nH]c4nc(N5CCNCC5)ncc4c3=O)c3ccc(O)cc3)C(=O)N2[C@H]1C(=O)O. The van der Waals surface area contributed by atoms with Gasteiger partial charge in [0.1, 0.15) is 40.5 Å². The third-order valence-corrected chi connectivity index (χ3v) is 9.57. The maximum atomic E-state index is 13.6. The number of aromatic hydroxyl groups is 1. The lowest BCUT2D eigenvalue weighted by molar-refractivity contribution is -0.161. The van der Waals surface area contributed by atoms with E-state index in [1.54, 1.807) is 13.8 Å². The first kappa shape index (κ1) is 29.4. The Morgan fingerprint density at radius 2 is 1.84 bits per heavy atom. The Kier molecular flexibility index (Phi) is 7.41. The van der Waals surface area contributed by atoms with Crippen LogP contribution in [0.25, 0.3) is 11.0 Å². The highest BCUT2D eigenvalue weighted by Crippen LogP contribution is 2.50. The van der Waals surface area contributed by atoms with E-state index < -0.39 is 57.4 Å². The quantitative estimate of drug-likeness (QED) is 0.185. The lowest BCUT2D eigenvalue weighted by Crippen LogP contribution is -2.71. The molecule has 0 radical (unpaired) electrons. The van der Waals surface area contributed by atoms with Crippen LogP contribution in [0.2, 0.25) is 0 Å². The number of nitrogens with one attached hydrogen (secondary N) is 4. The smallest absolute Gasteiger partial charge is 0.327 e. The van der Waals surface area contributed by atoms with Crippen LogP contribution in [0.3, 0.4) is 0 Å². The number of H-pyrrole nitrogens is 1. The maximum Gasteiger partial charge on any atom is 0.327 e. The molecule has 4 atom stereocenters. The molecule has 3 saturated heterocycles. The van der Waals surface area contributed by atoms with Crippen LogP contribution < -0.4 is 26.3 Å². The lowest BCUT2D eigenvalue weighted by Gasteiger charge is -2.44. The van der Waals surface area contributed by atoms with Crippen LogP contribution in [0, 0.1) is 0 Å². The Hall–Kier alpha value is -4.70. The molecule has 0 spiro atoms. The van der Waals surface area contributed by atoms with Crippen molar-refractivity contribution in [2.24, 2.45) is 0 Å². The van der Waals surface area contributed by atoms with Crippen molar-refractivity contribution >= 4 is 52.4 Å². The number of piperazine rings is 1. The highest BCUT2D eigenvalue weighted by Gasteiger charge is 2.64. The topological polar surface area (TPSA) is 210 Å². The first-order valence-corrected chi connectivity index (χ1v) is 14.8. The number of fused-ring (bicyclic) bond motifs is 2. The number of thioether (sulfide) groups is 1. The van der Waals surface area contributed by atoms with Crippen LogP contribution in [0.15, 0.2) is 41.5 Å². The molecule has 3 fully saturated rings. The fourth-order valence-electron chi connectivity index (χ4n) is 5.74. The number of aliphatic carboxylic acids is 1. The lowest BCUT2D eigenvalue weighted by atomic mass is 9.95. The number of β-lactam (4-membered cyclic amide) rings is 1. The summed E-state index contributed by atoms with van der Waals surface area (Å²) in [5.74, 6) is -2.91. The molecule has 6 N–H and O–H groups in total. The highest BCUT2D eigenvalue weighted by molar-refractivity contribution is 8.01. The summed E-state index contributed by atoms with van der Waals surface area (Å²) < 4.78 is -0.789. The number of carboxylic acids is 1. The number of phenols is 1. The predicted molar refractivity (Wildman–Crippen MR) is 159 cm³/mol. The first-order chi connectivity index (χ1) is 21.0. The number of rotatable bonds is 7. The van der Waals surface area contributed by atoms with Crippen molar-refractivity contribution in [1.82, 2.24) is 35.8 Å². The van der Waals surface area contributed by atoms with Crippen molar-refractivity contribution in [1.29, 1.82) is 0 Å². The van der Waals surface area contributed by atoms with E-state index in [1.165, 1.54) is 53.3 Å². The Balaban J connectivity index is 1.24. The van der Waals surface area contributed by atoms with Gasteiger partial charge in [-0.3, -0.25) is 19.2 Å². The number of hydrogen-bond acceptors (Lipinski definition) is 11. The van der Waals surface area contributed by atoms with E-state index in [0.717, 1.165) is 13.1 Å². The maximum absolute atomic E-state index is 13.6. The Bertz CT molecular complexity index is 1720. The number of phenolic OH excluding ortho intramolecular Hbond substituents is 1. The van der Waals surface area contributed by atoms with Crippen molar-refractivity contribution in [2.45, 2.75) is 42.1 Å². The van der Waals surface area contributed by atoms with Crippen molar-refractivity contribution < 1.29 is 29.4 Å². The van der Waals surface area contributed by atoms with Crippen LogP contribution in [-0.2, 0) is 14.4 Å². The molecular weight excluding hydrogens is 592 g/mol. The summed E-state index contributed by atoms with van der Waals surface area (Å²) in [6, 6.07) is 2.10. The minimum atomic E-state index is -1.36. The molecule has 0 aliphatic carbocycles. The Morgan fingerprint density at radius 1 is 1.14 bits per heavy atom. The van der Waals surface area contributed by atoms with Gasteiger partial charge in [0, 0.05) is 43.3 Å². The number of anilines is 1. The summed E-state index contributed by atoms with van der Waals surface area (Å²) in [4.78, 5) is 80.1. The average Bonchev–Trinajstić information content (AvgIpc) is 3.27. The van der Waals surface area contributed by atoms with Crippen molar-refractivity contribution in [2.75, 3.05) is 31.1 Å². The van der Waals surface area contributed by atoms with Crippen molar-refractivity contribution in [3.8, 4) is 5.75 Å². The van der Waals surface area contributed by atoms with Crippen molar-refractivity contribution in [3.05, 3.63) is 58.0 Å². The molecule has 2 aromatic heterocycles. The monoisotopic (exact) mass is 622 g/mol. The van der Waals surface area contributed by atoms with Crippen LogP contribution in [0.1, 0.15) is 35.8 Å². The third-order valence-electron chi connectivity index (χ3n) is 8.00. The third kappa shape index (κ3) is 5.09. The molecular formula is C28H30N8O7S. The van der Waals surface area contributed by atoms with E-state index in [0.29, 0.717) is 19.0 Å². The van der Waals surface area contributed by atoms with Gasteiger partial charge >= 0.3 is 5.97 Å². The highest BCUT2D eigenvalue weighted by atomic mass is 32.2. The largest absolute Gasteiger partial charge is 0.508 e. The van der Waals surface area contributed by atoms with E-state index in [2.05, 4.69) is 30.9 Å². The number of aromatic amines is 1. The van der Waals surface area contributed by atoms with Gasteiger partial charge in [0.25, 0.3) is 5.91 Å². The second-order valence-corrected chi connectivity index (χ2v) is 13.1. The molecule has 5 heterocycles. The average molecular weight is 623 g/mol. The number of hydrogen-bond donors (Lipinski definition) is 6. The van der Waals surface area contributed by atoms with Gasteiger partial charge in [-0.1, -0.05) is 12.1 Å². The van der Waals surface area contributed by atoms with Gasteiger partial charge in [-0.25, -0.2) is 9.78 Å². The normalized spacial score (nSPS) is 23.0. The van der Waals surface area contributed by atoms with Gasteiger partial charge in [0.2, 0.25) is 23.2 Å². The van der Waals surface area contributed by atoms with Crippen molar-refractivity contribution in [3.63, 3.8) is 0 Å². The molecule has 0 bridgehead atoms. The minimum absolute atomic E-state index is 0.0699. The van der Waals surface area contributed by atoms with Gasteiger partial charge < -0.3 is 40.9 Å². The summed E-state index contributed by atoms with van der Waals surface area (Å²) in [5.41, 5.74) is -0.382. The number of carboxylic acid groups (broad SMARTS) is 1. The van der Waals surface area contributed by atoms with Gasteiger partial charge in [0.15, 0.2) is 0 Å². The van der Waals surface area contributed by atoms with E-state index >= 15 is 0 Å². The zero-order chi connectivity index (χ0) is 31.3. The first-order valence-electron chi connectivity index (χ1n) is 13.9. The summed E-state index contributed by atoms with van der Waals surface area (Å²) in [7, 11) is 0. The molecule has 230 valence electrons. The van der Waals surface area contributed by atoms with Crippen LogP contribution in [-0.4, -0.2) is 102 Å². The molecule has 44 heavy (non-hydrogen) atoms. The van der Waals surface area contributed by atoms with Crippen LogP contribution in [0.5, 0.6) is 5.75 Å². The van der Waals surface area contributed by atoms with E-state index in [-0.39, 0.29) is 27.9 Å². The number of amides is 3. The summed E-state index contributed by atoms with van der Waals surface area (Å²) in [5, 5.41) is 27.4. The van der Waals surface area contributed by atoms with Gasteiger partial charge in [-0.2, -0.15) is 4.98 Å². The second-order valence-electron chi connectivity index (χ2n) is 11.3. The molecule has 3 amide bonds. The number of aromatic nitrogens is 3. The van der Waals surface area contributed by atoms with Crippen LogP contribution >= 0.6 is 11.8 Å². The summed E-state index contributed by atoms with van der Waals surface area (Å²) >= 11 is 1.27. The second kappa shape index (κ2) is 11.1. The van der Waals surface area contributed by atoms with Gasteiger partial charge in [-0.15, -0.1) is 11.8 Å². The minimum Gasteiger partial charge on any atom is -0.508 e. The Labute approximate surface area is 254 Å². The predicted octanol–water partition coefficient (Wildman–Crippen LogP) is -0.464. The number of benzene rings is 1. The molecule has 1 unspecified atom stereocenters. The molecule has 3 aliphatic rings. The molecule has 3 aromatic rings. The van der Waals surface area contributed by atoms with Gasteiger partial charge in [0.05, 0.1) is 5.39 Å². The zero-order valence-corrected chi connectivity index (χ0v) is 24.6. The van der Waals surface area contributed by atoms with E-state index in [1.807, 2.05) is 4.90 Å². The number of pyridine rings is 1. The fraction of sp³-hybridized carbons (Fsp3) is 0.393. The Morgan fingerprint density at radius 3 is 2.52 bits per heavy atom. The summed E-state index contributed by atoms with van der Waals surface area (Å²) in [6.07, 6.45) is 2.58. The van der Waals surface area contributed by atoms with E-state index in [9.17, 15) is 34.2 Å². The fourth-order valence-corrected chi connectivity index (χ4v) is 7.37. The molecule has 15 nitrogen and oxygen atoms in total. The van der Waals surface area contributed by atoms with E-state index in [4.69, 9.17) is 0 Å². The number of carbonyl (C=O) groups excluding carboxylic acids is 3. The molecule has 16 heteroatoms. The standard InChI is InChI=1S/C28H30N8O7S/c1-28(2)20(26(42)43)36-24(41)18(25(36)44-28)33-23(40)17(13-3-5-14(37)6-4-13)32-22(39)16-12-30-21-15(19(16)38)11-31-27(34-21)35-9-7-29-8-10-35/h3-6,11-12,17-18,20,25,29,37H,7-10H2,1-2H3,(H,32,39)(H,33,40)(H,42,43)(H,30,31,34,38)/t17?,18-,20+,25-/m1/s1. The molecule has 3 aliphatic heterocycles. The molecule has 0 saturated carbocycles. The summed E-state index contributed by atoms with van der Waals surface area (Å²) in [6.45, 7) is 6.41.